The Morgan fingerprint density at radius 1 is 1.06 bits per heavy atom. The van der Waals surface area contributed by atoms with Crippen LogP contribution in [0.3, 0.4) is 0 Å². The number of benzene rings is 2. The molecule has 1 saturated carbocycles. The molecule has 5 rings (SSSR count). The molecule has 5 nitrogen and oxygen atoms in total. The van der Waals surface area contributed by atoms with Crippen LogP contribution >= 0.6 is 23.5 Å². The molecule has 0 bridgehead atoms. The van der Waals surface area contributed by atoms with Crippen LogP contribution in [0.25, 0.3) is 11.4 Å². The molecule has 1 saturated heterocycles. The first-order chi connectivity index (χ1) is 15.1. The second-order valence-electron chi connectivity index (χ2n) is 7.51. The van der Waals surface area contributed by atoms with Gasteiger partial charge in [0.25, 0.3) is 0 Å². The summed E-state index contributed by atoms with van der Waals surface area (Å²) in [6.45, 7) is 0.582. The number of halogens is 2. The number of nitrogens with zero attached hydrogens (tertiary/aromatic N) is 4. The van der Waals surface area contributed by atoms with Crippen molar-refractivity contribution in [2.45, 2.75) is 29.4 Å². The molecule has 160 valence electrons. The van der Waals surface area contributed by atoms with Gasteiger partial charge in [-0.1, -0.05) is 42.1 Å². The second-order valence-corrected chi connectivity index (χ2v) is 9.64. The van der Waals surface area contributed by atoms with Crippen molar-refractivity contribution < 1.29 is 13.6 Å². The van der Waals surface area contributed by atoms with Gasteiger partial charge in [0.1, 0.15) is 17.0 Å². The zero-order chi connectivity index (χ0) is 21.4. The lowest BCUT2D eigenvalue weighted by Crippen LogP contribution is -2.32. The molecule has 1 aromatic heterocycles. The van der Waals surface area contributed by atoms with E-state index in [9.17, 15) is 13.6 Å². The lowest BCUT2D eigenvalue weighted by molar-refractivity contribution is -0.128. The highest BCUT2D eigenvalue weighted by molar-refractivity contribution is 8.00. The normalized spacial score (nSPS) is 18.5. The monoisotopic (exact) mass is 458 g/mol. The fraction of sp³-hybridized carbons (Fsp3) is 0.318. The van der Waals surface area contributed by atoms with Crippen LogP contribution in [0.2, 0.25) is 0 Å². The predicted molar refractivity (Wildman–Crippen MR) is 118 cm³/mol. The Hall–Kier alpha value is -2.39. The van der Waals surface area contributed by atoms with Crippen molar-refractivity contribution in [3.63, 3.8) is 0 Å². The highest BCUT2D eigenvalue weighted by Crippen LogP contribution is 2.42. The Morgan fingerprint density at radius 3 is 2.55 bits per heavy atom. The minimum atomic E-state index is -0.341. The number of amides is 1. The molecule has 1 atom stereocenters. The summed E-state index contributed by atoms with van der Waals surface area (Å²) in [7, 11) is 0. The minimum Gasteiger partial charge on any atom is -0.325 e. The first kappa shape index (κ1) is 20.5. The number of thioether (sulfide) groups is 2. The number of carbonyl (C=O) groups is 1. The van der Waals surface area contributed by atoms with Crippen molar-refractivity contribution in [1.82, 2.24) is 19.7 Å². The maximum absolute atomic E-state index is 14.3. The minimum absolute atomic E-state index is 0.0685. The summed E-state index contributed by atoms with van der Waals surface area (Å²) in [4.78, 5) is 14.7. The molecule has 0 N–H and O–H groups in total. The molecular weight excluding hydrogens is 438 g/mol. The van der Waals surface area contributed by atoms with Crippen LogP contribution in [0.4, 0.5) is 8.78 Å². The Kier molecular flexibility index (Phi) is 5.71. The van der Waals surface area contributed by atoms with Gasteiger partial charge >= 0.3 is 0 Å². The molecule has 9 heteroatoms. The molecule has 1 aliphatic carbocycles. The van der Waals surface area contributed by atoms with Gasteiger partial charge in [0.05, 0.1) is 11.3 Å². The van der Waals surface area contributed by atoms with Gasteiger partial charge < -0.3 is 4.90 Å². The average Bonchev–Trinajstić information content (AvgIpc) is 3.33. The first-order valence-corrected chi connectivity index (χ1v) is 12.1. The molecule has 0 radical (unpaired) electrons. The van der Waals surface area contributed by atoms with Gasteiger partial charge in [-0.2, -0.15) is 0 Å². The van der Waals surface area contributed by atoms with Crippen LogP contribution in [-0.4, -0.2) is 43.6 Å². The van der Waals surface area contributed by atoms with E-state index in [2.05, 4.69) is 10.2 Å². The molecule has 2 aliphatic rings. The van der Waals surface area contributed by atoms with Crippen molar-refractivity contribution in [2.24, 2.45) is 0 Å². The summed E-state index contributed by atoms with van der Waals surface area (Å²) < 4.78 is 30.5. The second kappa shape index (κ2) is 8.63. The van der Waals surface area contributed by atoms with Gasteiger partial charge in [-0.15, -0.1) is 22.0 Å². The van der Waals surface area contributed by atoms with Crippen LogP contribution in [0.1, 0.15) is 29.8 Å². The van der Waals surface area contributed by atoms with E-state index in [-0.39, 0.29) is 34.7 Å². The third-order valence-electron chi connectivity index (χ3n) is 5.40. The fourth-order valence-corrected chi connectivity index (χ4v) is 5.92. The lowest BCUT2D eigenvalue weighted by atomic mass is 10.2. The van der Waals surface area contributed by atoms with Crippen LogP contribution in [-0.2, 0) is 4.79 Å². The lowest BCUT2D eigenvalue weighted by Gasteiger charge is -2.24. The molecule has 2 heterocycles. The Labute approximate surface area is 187 Å². The Bertz CT molecular complexity index is 1120. The Balaban J connectivity index is 1.34. The molecular formula is C22H20F2N4OS2. The van der Waals surface area contributed by atoms with Crippen molar-refractivity contribution >= 4 is 29.4 Å². The van der Waals surface area contributed by atoms with Crippen LogP contribution in [0.15, 0.2) is 53.7 Å². The summed E-state index contributed by atoms with van der Waals surface area (Å²) in [6.07, 6.45) is 1.97. The van der Waals surface area contributed by atoms with E-state index in [1.54, 1.807) is 53.1 Å². The first-order valence-electron chi connectivity index (χ1n) is 10.1. The largest absolute Gasteiger partial charge is 0.325 e. The van der Waals surface area contributed by atoms with Crippen molar-refractivity contribution in [3.05, 3.63) is 65.7 Å². The molecule has 1 unspecified atom stereocenters. The third kappa shape index (κ3) is 4.08. The maximum Gasteiger partial charge on any atom is 0.234 e. The van der Waals surface area contributed by atoms with E-state index < -0.39 is 0 Å². The van der Waals surface area contributed by atoms with E-state index in [4.69, 9.17) is 0 Å². The van der Waals surface area contributed by atoms with Gasteiger partial charge in [-0.05, 0) is 31.0 Å². The summed E-state index contributed by atoms with van der Waals surface area (Å²) in [5.41, 5.74) is 0.946. The summed E-state index contributed by atoms with van der Waals surface area (Å²) in [5, 5.41) is 8.79. The van der Waals surface area contributed by atoms with Gasteiger partial charge in [-0.3, -0.25) is 9.36 Å². The SMILES string of the molecule is O=C(CSc1nnc(-c2ccccc2F)n1C1CC1)N1CCSC1c1ccccc1F. The van der Waals surface area contributed by atoms with Crippen molar-refractivity contribution in [1.29, 1.82) is 0 Å². The molecule has 1 amide bonds. The van der Waals surface area contributed by atoms with E-state index in [1.165, 1.54) is 23.9 Å². The molecule has 3 aromatic rings. The number of carbonyl (C=O) groups excluding carboxylic acids is 1. The van der Waals surface area contributed by atoms with Gasteiger partial charge in [0.2, 0.25) is 5.91 Å². The van der Waals surface area contributed by atoms with Crippen molar-refractivity contribution in [2.75, 3.05) is 18.1 Å². The Morgan fingerprint density at radius 2 is 1.81 bits per heavy atom. The number of aromatic nitrogens is 3. The topological polar surface area (TPSA) is 51.0 Å². The van der Waals surface area contributed by atoms with Crippen LogP contribution in [0.5, 0.6) is 0 Å². The number of rotatable bonds is 6. The highest BCUT2D eigenvalue weighted by atomic mass is 32.2. The zero-order valence-corrected chi connectivity index (χ0v) is 18.2. The fourth-order valence-electron chi connectivity index (χ4n) is 3.73. The zero-order valence-electron chi connectivity index (χ0n) is 16.6. The summed E-state index contributed by atoms with van der Waals surface area (Å²) in [6, 6.07) is 13.3. The number of hydrogen-bond acceptors (Lipinski definition) is 5. The van der Waals surface area contributed by atoms with Gasteiger partial charge in [0.15, 0.2) is 11.0 Å². The quantitative estimate of drug-likeness (QED) is 0.491. The molecule has 2 aromatic carbocycles. The van der Waals surface area contributed by atoms with E-state index in [0.29, 0.717) is 28.7 Å². The molecule has 31 heavy (non-hydrogen) atoms. The highest BCUT2D eigenvalue weighted by Gasteiger charge is 2.34. The van der Waals surface area contributed by atoms with E-state index in [1.807, 2.05) is 4.57 Å². The van der Waals surface area contributed by atoms with Crippen LogP contribution in [0, 0.1) is 11.6 Å². The molecule has 2 fully saturated rings. The van der Waals surface area contributed by atoms with Crippen LogP contribution < -0.4 is 0 Å². The third-order valence-corrected chi connectivity index (χ3v) is 7.57. The smallest absolute Gasteiger partial charge is 0.234 e. The standard InChI is InChI=1S/C22H20F2N4OS2/c23-17-7-3-1-5-15(17)20-25-26-22(28(20)14-9-10-14)31-13-19(29)27-11-12-30-21(27)16-6-2-4-8-18(16)24/h1-8,14,21H,9-13H2. The summed E-state index contributed by atoms with van der Waals surface area (Å²) in [5.74, 6) is 0.734. The predicted octanol–water partition coefficient (Wildman–Crippen LogP) is 4.92. The van der Waals surface area contributed by atoms with Crippen molar-refractivity contribution in [3.8, 4) is 11.4 Å². The average molecular weight is 459 g/mol. The van der Waals surface area contributed by atoms with Gasteiger partial charge in [0, 0.05) is 23.9 Å². The maximum atomic E-state index is 14.3. The van der Waals surface area contributed by atoms with E-state index >= 15 is 0 Å². The molecule has 1 aliphatic heterocycles. The van der Waals surface area contributed by atoms with E-state index in [0.717, 1.165) is 18.6 Å². The van der Waals surface area contributed by atoms with Gasteiger partial charge in [-0.25, -0.2) is 8.78 Å². The summed E-state index contributed by atoms with van der Waals surface area (Å²) >= 11 is 2.88. The number of hydrogen-bond donors (Lipinski definition) is 0. The molecule has 0 spiro atoms.